The van der Waals surface area contributed by atoms with Gasteiger partial charge in [-0.2, -0.15) is 4.98 Å². The topological polar surface area (TPSA) is 66.7 Å². The molecule has 0 atom stereocenters. The zero-order valence-electron chi connectivity index (χ0n) is 11.3. The predicted molar refractivity (Wildman–Crippen MR) is 81.7 cm³/mol. The predicted octanol–water partition coefficient (Wildman–Crippen LogP) is 4.05. The molecule has 0 aliphatic rings. The highest BCUT2D eigenvalue weighted by molar-refractivity contribution is 9.10. The van der Waals surface area contributed by atoms with Crippen molar-refractivity contribution < 1.29 is 4.42 Å². The van der Waals surface area contributed by atoms with Crippen LogP contribution in [0.1, 0.15) is 31.3 Å². The van der Waals surface area contributed by atoms with Gasteiger partial charge in [-0.3, -0.25) is 0 Å². The average molecular weight is 335 g/mol. The monoisotopic (exact) mass is 334 g/mol. The van der Waals surface area contributed by atoms with Crippen molar-refractivity contribution in [3.63, 3.8) is 0 Å². The van der Waals surface area contributed by atoms with Crippen molar-refractivity contribution in [2.24, 2.45) is 0 Å². The number of nitrogens with one attached hydrogen (secondary N) is 2. The second-order valence-corrected chi connectivity index (χ2v) is 5.76. The van der Waals surface area contributed by atoms with Crippen LogP contribution in [0.3, 0.4) is 0 Å². The van der Waals surface area contributed by atoms with Gasteiger partial charge in [0, 0.05) is 5.92 Å². The number of hydrogen-bond donors (Lipinski definition) is 2. The quantitative estimate of drug-likeness (QED) is 0.755. The molecule has 5 nitrogen and oxygen atoms in total. The van der Waals surface area contributed by atoms with Crippen LogP contribution in [-0.4, -0.2) is 15.0 Å². The van der Waals surface area contributed by atoms with Gasteiger partial charge in [0.15, 0.2) is 5.58 Å². The first kappa shape index (κ1) is 13.2. The van der Waals surface area contributed by atoms with Gasteiger partial charge < -0.3 is 14.7 Å². The largest absolute Gasteiger partial charge is 0.422 e. The number of aromatic amines is 1. The lowest BCUT2D eigenvalue weighted by Crippen LogP contribution is -2.00. The second-order valence-electron chi connectivity index (χ2n) is 4.91. The Hall–Kier alpha value is -1.82. The summed E-state index contributed by atoms with van der Waals surface area (Å²) in [5, 5.41) is 3.16. The van der Waals surface area contributed by atoms with E-state index in [9.17, 15) is 0 Å². The van der Waals surface area contributed by atoms with Crippen LogP contribution in [0.4, 0.5) is 6.01 Å². The second kappa shape index (κ2) is 5.28. The molecule has 6 heteroatoms. The maximum atomic E-state index is 5.67. The fraction of sp³-hybridized carbons (Fsp3) is 0.286. The van der Waals surface area contributed by atoms with Crippen LogP contribution < -0.4 is 5.32 Å². The Bertz CT molecular complexity index is 732. The molecule has 0 bridgehead atoms. The highest BCUT2D eigenvalue weighted by Gasteiger charge is 2.09. The molecule has 104 valence electrons. The SMILES string of the molecule is CC(C)c1ncc(CNc2nc3cccc(Br)c3o2)[nH]1. The van der Waals surface area contributed by atoms with Crippen molar-refractivity contribution >= 4 is 33.0 Å². The molecule has 0 saturated carbocycles. The third kappa shape index (κ3) is 2.56. The van der Waals surface area contributed by atoms with Crippen LogP contribution in [0.15, 0.2) is 33.3 Å². The van der Waals surface area contributed by atoms with E-state index in [-0.39, 0.29) is 0 Å². The number of hydrogen-bond acceptors (Lipinski definition) is 4. The smallest absolute Gasteiger partial charge is 0.296 e. The molecule has 2 aromatic heterocycles. The molecule has 0 radical (unpaired) electrons. The van der Waals surface area contributed by atoms with Crippen molar-refractivity contribution in [1.29, 1.82) is 0 Å². The summed E-state index contributed by atoms with van der Waals surface area (Å²) >= 11 is 3.45. The number of para-hydroxylation sites is 1. The summed E-state index contributed by atoms with van der Waals surface area (Å²) in [6, 6.07) is 6.29. The van der Waals surface area contributed by atoms with Crippen molar-refractivity contribution in [2.75, 3.05) is 5.32 Å². The van der Waals surface area contributed by atoms with Crippen molar-refractivity contribution in [3.8, 4) is 0 Å². The van der Waals surface area contributed by atoms with Crippen LogP contribution in [-0.2, 0) is 6.54 Å². The molecule has 1 aromatic carbocycles. The highest BCUT2D eigenvalue weighted by Crippen LogP contribution is 2.26. The third-order valence-corrected chi connectivity index (χ3v) is 3.62. The van der Waals surface area contributed by atoms with E-state index in [0.717, 1.165) is 27.1 Å². The number of nitrogens with zero attached hydrogens (tertiary/aromatic N) is 2. The zero-order valence-corrected chi connectivity index (χ0v) is 12.9. The number of H-pyrrole nitrogens is 1. The van der Waals surface area contributed by atoms with Gasteiger partial charge in [-0.05, 0) is 28.1 Å². The molecule has 0 aliphatic heterocycles. The van der Waals surface area contributed by atoms with Gasteiger partial charge >= 0.3 is 0 Å². The van der Waals surface area contributed by atoms with Crippen LogP contribution in [0.25, 0.3) is 11.1 Å². The minimum Gasteiger partial charge on any atom is -0.422 e. The number of rotatable bonds is 4. The zero-order chi connectivity index (χ0) is 14.1. The third-order valence-electron chi connectivity index (χ3n) is 2.99. The molecule has 3 aromatic rings. The fourth-order valence-electron chi connectivity index (χ4n) is 1.92. The van der Waals surface area contributed by atoms with Gasteiger partial charge in [-0.25, -0.2) is 4.98 Å². The maximum absolute atomic E-state index is 5.67. The molecule has 0 unspecified atom stereocenters. The summed E-state index contributed by atoms with van der Waals surface area (Å²) in [6.07, 6.45) is 1.83. The van der Waals surface area contributed by atoms with Gasteiger partial charge in [-0.15, -0.1) is 0 Å². The van der Waals surface area contributed by atoms with Crippen molar-refractivity contribution in [3.05, 3.63) is 40.4 Å². The Balaban J connectivity index is 1.74. The van der Waals surface area contributed by atoms with E-state index in [2.05, 4.69) is 50.0 Å². The molecule has 0 fully saturated rings. The number of benzene rings is 1. The first-order valence-corrected chi connectivity index (χ1v) is 7.25. The van der Waals surface area contributed by atoms with E-state index in [1.807, 2.05) is 24.4 Å². The molecular formula is C14H15BrN4O. The van der Waals surface area contributed by atoms with Gasteiger partial charge in [0.25, 0.3) is 6.01 Å². The normalized spacial score (nSPS) is 11.4. The minimum atomic E-state index is 0.393. The lowest BCUT2D eigenvalue weighted by atomic mass is 10.2. The van der Waals surface area contributed by atoms with E-state index in [4.69, 9.17) is 4.42 Å². The standard InChI is InChI=1S/C14H15BrN4O/c1-8(2)13-16-6-9(18-13)7-17-14-19-11-5-3-4-10(15)12(11)20-14/h3-6,8H,7H2,1-2H3,(H,16,18)(H,17,19). The summed E-state index contributed by atoms with van der Waals surface area (Å²) in [6.45, 7) is 4.81. The van der Waals surface area contributed by atoms with Crippen LogP contribution >= 0.6 is 15.9 Å². The van der Waals surface area contributed by atoms with Gasteiger partial charge in [0.05, 0.1) is 22.9 Å². The minimum absolute atomic E-state index is 0.393. The van der Waals surface area contributed by atoms with E-state index in [1.165, 1.54) is 0 Å². The van der Waals surface area contributed by atoms with Crippen molar-refractivity contribution in [2.45, 2.75) is 26.3 Å². The number of anilines is 1. The Labute approximate surface area is 124 Å². The number of oxazole rings is 1. The summed E-state index contributed by atoms with van der Waals surface area (Å²) in [4.78, 5) is 12.0. The van der Waals surface area contributed by atoms with E-state index in [0.29, 0.717) is 18.5 Å². The molecule has 20 heavy (non-hydrogen) atoms. The summed E-state index contributed by atoms with van der Waals surface area (Å²) in [5.74, 6) is 1.38. The highest BCUT2D eigenvalue weighted by atomic mass is 79.9. The van der Waals surface area contributed by atoms with E-state index in [1.54, 1.807) is 0 Å². The Kier molecular flexibility index (Phi) is 3.48. The fourth-order valence-corrected chi connectivity index (χ4v) is 2.36. The summed E-state index contributed by atoms with van der Waals surface area (Å²) in [7, 11) is 0. The maximum Gasteiger partial charge on any atom is 0.296 e. The molecule has 0 spiro atoms. The molecule has 3 rings (SSSR count). The molecular weight excluding hydrogens is 320 g/mol. The molecule has 2 N–H and O–H groups in total. The number of aromatic nitrogens is 3. The van der Waals surface area contributed by atoms with Crippen LogP contribution in [0, 0.1) is 0 Å². The molecule has 0 aliphatic carbocycles. The number of fused-ring (bicyclic) bond motifs is 1. The lowest BCUT2D eigenvalue weighted by Gasteiger charge is -2.00. The van der Waals surface area contributed by atoms with Gasteiger partial charge in [0.2, 0.25) is 0 Å². The Morgan fingerprint density at radius 1 is 1.40 bits per heavy atom. The van der Waals surface area contributed by atoms with Crippen LogP contribution in [0.2, 0.25) is 0 Å². The van der Waals surface area contributed by atoms with Crippen molar-refractivity contribution in [1.82, 2.24) is 15.0 Å². The Morgan fingerprint density at radius 3 is 2.95 bits per heavy atom. The molecule has 2 heterocycles. The Morgan fingerprint density at radius 2 is 2.25 bits per heavy atom. The average Bonchev–Trinajstić information content (AvgIpc) is 3.03. The molecule has 0 saturated heterocycles. The van der Waals surface area contributed by atoms with E-state index < -0.39 is 0 Å². The first-order chi connectivity index (χ1) is 9.63. The van der Waals surface area contributed by atoms with Gasteiger partial charge in [0.1, 0.15) is 11.3 Å². The number of halogens is 1. The molecule has 0 amide bonds. The first-order valence-electron chi connectivity index (χ1n) is 6.46. The summed E-state index contributed by atoms with van der Waals surface area (Å²) < 4.78 is 6.57. The lowest BCUT2D eigenvalue weighted by molar-refractivity contribution is 0.612. The van der Waals surface area contributed by atoms with Gasteiger partial charge in [-0.1, -0.05) is 19.9 Å². The summed E-state index contributed by atoms with van der Waals surface area (Å²) in [5.41, 5.74) is 2.59. The number of imidazole rings is 1. The van der Waals surface area contributed by atoms with E-state index >= 15 is 0 Å². The van der Waals surface area contributed by atoms with Crippen LogP contribution in [0.5, 0.6) is 0 Å².